The summed E-state index contributed by atoms with van der Waals surface area (Å²) in [6, 6.07) is 0.524. The van der Waals surface area contributed by atoms with Crippen LogP contribution in [0.4, 0.5) is 0 Å². The number of amides is 2. The Labute approximate surface area is 139 Å². The molecule has 0 aromatic heterocycles. The normalized spacial score (nSPS) is 30.2. The number of likely N-dealkylation sites (tertiary alicyclic amines) is 2. The van der Waals surface area contributed by atoms with E-state index in [0.29, 0.717) is 24.4 Å². The third-order valence-electron chi connectivity index (χ3n) is 5.69. The van der Waals surface area contributed by atoms with Gasteiger partial charge in [0.25, 0.3) is 0 Å². The molecule has 130 valence electrons. The van der Waals surface area contributed by atoms with Gasteiger partial charge in [0.05, 0.1) is 6.54 Å². The number of hydrogen-bond acceptors (Lipinski definition) is 4. The zero-order valence-corrected chi connectivity index (χ0v) is 14.5. The van der Waals surface area contributed by atoms with E-state index in [1.807, 2.05) is 9.80 Å². The smallest absolute Gasteiger partial charge is 0.236 e. The van der Waals surface area contributed by atoms with Crippen LogP contribution in [-0.2, 0) is 9.59 Å². The summed E-state index contributed by atoms with van der Waals surface area (Å²) in [6.45, 7) is 12.0. The highest BCUT2D eigenvalue weighted by Crippen LogP contribution is 2.23. The highest BCUT2D eigenvalue weighted by molar-refractivity contribution is 5.78. The predicted molar refractivity (Wildman–Crippen MR) is 89.0 cm³/mol. The maximum Gasteiger partial charge on any atom is 0.236 e. The van der Waals surface area contributed by atoms with Crippen molar-refractivity contribution in [1.82, 2.24) is 19.6 Å². The van der Waals surface area contributed by atoms with Gasteiger partial charge in [-0.15, -0.1) is 0 Å². The second kappa shape index (κ2) is 7.18. The topological polar surface area (TPSA) is 47.1 Å². The molecule has 0 radical (unpaired) electrons. The van der Waals surface area contributed by atoms with Gasteiger partial charge in [-0.1, -0.05) is 6.92 Å². The standard InChI is InChI=1S/C17H30N4O2/c1-14-11-18(13-17(23)21-5-3-4-6-21)12-16(14)20-9-7-19(8-10-20)15(2)22/h14,16H,3-13H2,1-2H3/t14-,16-/m1/s1. The minimum Gasteiger partial charge on any atom is -0.342 e. The Kier molecular flexibility index (Phi) is 5.21. The Morgan fingerprint density at radius 1 is 0.913 bits per heavy atom. The molecule has 2 amide bonds. The number of piperazine rings is 1. The van der Waals surface area contributed by atoms with Gasteiger partial charge >= 0.3 is 0 Å². The summed E-state index contributed by atoms with van der Waals surface area (Å²) < 4.78 is 0. The van der Waals surface area contributed by atoms with Crippen molar-refractivity contribution in [2.45, 2.75) is 32.7 Å². The molecule has 0 saturated carbocycles. The molecule has 0 aliphatic carbocycles. The van der Waals surface area contributed by atoms with E-state index in [-0.39, 0.29) is 5.91 Å². The number of rotatable bonds is 3. The molecule has 23 heavy (non-hydrogen) atoms. The van der Waals surface area contributed by atoms with Crippen molar-refractivity contribution in [1.29, 1.82) is 0 Å². The van der Waals surface area contributed by atoms with E-state index in [1.54, 1.807) is 6.92 Å². The molecule has 0 spiro atoms. The fourth-order valence-electron chi connectivity index (χ4n) is 4.28. The second-order valence-corrected chi connectivity index (χ2v) is 7.37. The van der Waals surface area contributed by atoms with Crippen LogP contribution in [0.3, 0.4) is 0 Å². The van der Waals surface area contributed by atoms with Crippen LogP contribution in [0, 0.1) is 5.92 Å². The molecule has 2 atom stereocenters. The molecule has 3 fully saturated rings. The molecule has 3 heterocycles. The quantitative estimate of drug-likeness (QED) is 0.739. The Hall–Kier alpha value is -1.14. The molecular formula is C17H30N4O2. The van der Waals surface area contributed by atoms with E-state index in [2.05, 4.69) is 16.7 Å². The highest BCUT2D eigenvalue weighted by Gasteiger charge is 2.36. The molecule has 6 heteroatoms. The number of carbonyl (C=O) groups is 2. The summed E-state index contributed by atoms with van der Waals surface area (Å²) in [5.74, 6) is 1.07. The lowest BCUT2D eigenvalue weighted by Gasteiger charge is -2.39. The predicted octanol–water partition coefficient (Wildman–Crippen LogP) is 0.0932. The van der Waals surface area contributed by atoms with Gasteiger partial charge in [0.15, 0.2) is 0 Å². The van der Waals surface area contributed by atoms with Crippen LogP contribution in [0.2, 0.25) is 0 Å². The first-order valence-corrected chi connectivity index (χ1v) is 9.04. The zero-order valence-electron chi connectivity index (χ0n) is 14.5. The summed E-state index contributed by atoms with van der Waals surface area (Å²) in [6.07, 6.45) is 2.32. The van der Waals surface area contributed by atoms with Crippen LogP contribution in [0.15, 0.2) is 0 Å². The van der Waals surface area contributed by atoms with Crippen molar-refractivity contribution >= 4 is 11.8 Å². The van der Waals surface area contributed by atoms with Gasteiger partial charge in [-0.05, 0) is 18.8 Å². The van der Waals surface area contributed by atoms with E-state index in [9.17, 15) is 9.59 Å². The first-order valence-electron chi connectivity index (χ1n) is 9.04. The summed E-state index contributed by atoms with van der Waals surface area (Å²) in [5, 5.41) is 0. The van der Waals surface area contributed by atoms with Gasteiger partial charge in [-0.25, -0.2) is 0 Å². The lowest BCUT2D eigenvalue weighted by atomic mass is 10.0. The zero-order chi connectivity index (χ0) is 16.4. The monoisotopic (exact) mass is 322 g/mol. The molecule has 0 N–H and O–H groups in total. The maximum absolute atomic E-state index is 12.3. The third kappa shape index (κ3) is 3.86. The molecular weight excluding hydrogens is 292 g/mol. The average Bonchev–Trinajstić information content (AvgIpc) is 3.17. The Balaban J connectivity index is 1.48. The fourth-order valence-corrected chi connectivity index (χ4v) is 4.28. The van der Waals surface area contributed by atoms with Gasteiger partial charge in [0.1, 0.15) is 0 Å². The van der Waals surface area contributed by atoms with Crippen molar-refractivity contribution < 1.29 is 9.59 Å². The lowest BCUT2D eigenvalue weighted by molar-refractivity contribution is -0.132. The number of nitrogens with zero attached hydrogens (tertiary/aromatic N) is 4. The second-order valence-electron chi connectivity index (χ2n) is 7.37. The number of hydrogen-bond donors (Lipinski definition) is 0. The Bertz CT molecular complexity index is 442. The molecule has 0 unspecified atom stereocenters. The van der Waals surface area contributed by atoms with Gasteiger partial charge in [-0.2, -0.15) is 0 Å². The van der Waals surface area contributed by atoms with Crippen molar-refractivity contribution in [2.24, 2.45) is 5.92 Å². The minimum absolute atomic E-state index is 0.182. The minimum atomic E-state index is 0.182. The highest BCUT2D eigenvalue weighted by atomic mass is 16.2. The van der Waals surface area contributed by atoms with E-state index in [0.717, 1.165) is 65.2 Å². The maximum atomic E-state index is 12.3. The summed E-state index contributed by atoms with van der Waals surface area (Å²) in [5.41, 5.74) is 0. The van der Waals surface area contributed by atoms with Crippen LogP contribution in [0.5, 0.6) is 0 Å². The van der Waals surface area contributed by atoms with Crippen LogP contribution in [0.1, 0.15) is 26.7 Å². The van der Waals surface area contributed by atoms with Gasteiger partial charge in [0.2, 0.25) is 11.8 Å². The first kappa shape index (κ1) is 16.7. The van der Waals surface area contributed by atoms with Gasteiger partial charge in [0, 0.05) is 65.3 Å². The van der Waals surface area contributed by atoms with E-state index in [4.69, 9.17) is 0 Å². The van der Waals surface area contributed by atoms with E-state index < -0.39 is 0 Å². The molecule has 3 aliphatic heterocycles. The molecule has 0 aromatic carbocycles. The SMILES string of the molecule is CC(=O)N1CCN([C@@H]2CN(CC(=O)N3CCCC3)C[C@H]2C)CC1. The summed E-state index contributed by atoms with van der Waals surface area (Å²) in [7, 11) is 0. The van der Waals surface area contributed by atoms with Crippen molar-refractivity contribution in [3.8, 4) is 0 Å². The van der Waals surface area contributed by atoms with E-state index in [1.165, 1.54) is 0 Å². The van der Waals surface area contributed by atoms with Crippen molar-refractivity contribution in [3.05, 3.63) is 0 Å². The lowest BCUT2D eigenvalue weighted by Crippen LogP contribution is -2.53. The van der Waals surface area contributed by atoms with Crippen LogP contribution in [0.25, 0.3) is 0 Å². The number of carbonyl (C=O) groups excluding carboxylic acids is 2. The van der Waals surface area contributed by atoms with Crippen LogP contribution in [-0.4, -0.2) is 96.4 Å². The molecule has 0 bridgehead atoms. The first-order chi connectivity index (χ1) is 11.0. The molecule has 3 aliphatic rings. The summed E-state index contributed by atoms with van der Waals surface area (Å²) in [4.78, 5) is 32.6. The summed E-state index contributed by atoms with van der Waals surface area (Å²) >= 11 is 0. The van der Waals surface area contributed by atoms with Crippen LogP contribution >= 0.6 is 0 Å². The molecule has 3 saturated heterocycles. The van der Waals surface area contributed by atoms with Crippen molar-refractivity contribution in [2.75, 3.05) is 58.9 Å². The van der Waals surface area contributed by atoms with Crippen LogP contribution < -0.4 is 0 Å². The van der Waals surface area contributed by atoms with Gasteiger partial charge in [-0.3, -0.25) is 19.4 Å². The Morgan fingerprint density at radius 2 is 1.57 bits per heavy atom. The largest absolute Gasteiger partial charge is 0.342 e. The van der Waals surface area contributed by atoms with Gasteiger partial charge < -0.3 is 9.80 Å². The third-order valence-corrected chi connectivity index (χ3v) is 5.69. The molecule has 0 aromatic rings. The van der Waals surface area contributed by atoms with E-state index >= 15 is 0 Å². The Morgan fingerprint density at radius 3 is 2.17 bits per heavy atom. The van der Waals surface area contributed by atoms with Crippen molar-refractivity contribution in [3.63, 3.8) is 0 Å². The molecule has 6 nitrogen and oxygen atoms in total. The average molecular weight is 322 g/mol. The fraction of sp³-hybridized carbons (Fsp3) is 0.882. The molecule has 3 rings (SSSR count).